The molecule has 1 atom stereocenters. The third kappa shape index (κ3) is 4.53. The average molecular weight is 276 g/mol. The SMILES string of the molecule is CCCC[C@H]1CN(C(=O)OCc2ccccc2)CCN1. The minimum atomic E-state index is -0.197. The molecule has 1 N–H and O–H groups in total. The first-order valence-corrected chi connectivity index (χ1v) is 7.48. The van der Waals surface area contributed by atoms with E-state index in [4.69, 9.17) is 4.74 Å². The number of hydrogen-bond donors (Lipinski definition) is 1. The fourth-order valence-electron chi connectivity index (χ4n) is 2.45. The van der Waals surface area contributed by atoms with E-state index < -0.39 is 0 Å². The van der Waals surface area contributed by atoms with Gasteiger partial charge in [0, 0.05) is 25.7 Å². The summed E-state index contributed by atoms with van der Waals surface area (Å²) in [5.74, 6) is 0. The summed E-state index contributed by atoms with van der Waals surface area (Å²) in [6.45, 7) is 4.89. The van der Waals surface area contributed by atoms with Crippen LogP contribution in [0.4, 0.5) is 4.79 Å². The zero-order chi connectivity index (χ0) is 14.2. The number of amides is 1. The Morgan fingerprint density at radius 3 is 2.95 bits per heavy atom. The van der Waals surface area contributed by atoms with Crippen LogP contribution >= 0.6 is 0 Å². The fraction of sp³-hybridized carbons (Fsp3) is 0.562. The van der Waals surface area contributed by atoms with Crippen molar-refractivity contribution in [1.82, 2.24) is 10.2 Å². The Kier molecular flexibility index (Phi) is 5.87. The van der Waals surface area contributed by atoms with Crippen molar-refractivity contribution in [2.75, 3.05) is 19.6 Å². The summed E-state index contributed by atoms with van der Waals surface area (Å²) in [5.41, 5.74) is 1.03. The van der Waals surface area contributed by atoms with Crippen LogP contribution in [0.2, 0.25) is 0 Å². The summed E-state index contributed by atoms with van der Waals surface area (Å²) in [7, 11) is 0. The Balaban J connectivity index is 1.77. The van der Waals surface area contributed by atoms with Gasteiger partial charge in [-0.3, -0.25) is 0 Å². The van der Waals surface area contributed by atoms with E-state index in [0.29, 0.717) is 12.6 Å². The zero-order valence-electron chi connectivity index (χ0n) is 12.2. The first-order valence-electron chi connectivity index (χ1n) is 7.48. The molecular formula is C16H24N2O2. The molecule has 0 aliphatic carbocycles. The van der Waals surface area contributed by atoms with Crippen molar-refractivity contribution in [3.8, 4) is 0 Å². The summed E-state index contributed by atoms with van der Waals surface area (Å²) < 4.78 is 5.38. The number of carbonyl (C=O) groups excluding carboxylic acids is 1. The van der Waals surface area contributed by atoms with Crippen LogP contribution in [0.15, 0.2) is 30.3 Å². The Morgan fingerprint density at radius 2 is 2.20 bits per heavy atom. The monoisotopic (exact) mass is 276 g/mol. The van der Waals surface area contributed by atoms with Crippen LogP contribution in [0, 0.1) is 0 Å². The smallest absolute Gasteiger partial charge is 0.410 e. The molecule has 2 rings (SSSR count). The third-order valence-corrected chi connectivity index (χ3v) is 3.62. The predicted octanol–water partition coefficient (Wildman–Crippen LogP) is 2.79. The quantitative estimate of drug-likeness (QED) is 0.899. The van der Waals surface area contributed by atoms with E-state index in [1.54, 1.807) is 0 Å². The molecule has 0 spiro atoms. The molecule has 0 saturated carbocycles. The Morgan fingerprint density at radius 1 is 1.40 bits per heavy atom. The predicted molar refractivity (Wildman–Crippen MR) is 79.5 cm³/mol. The molecular weight excluding hydrogens is 252 g/mol. The van der Waals surface area contributed by atoms with Crippen molar-refractivity contribution < 1.29 is 9.53 Å². The van der Waals surface area contributed by atoms with Gasteiger partial charge in [-0.1, -0.05) is 50.1 Å². The number of nitrogens with one attached hydrogen (secondary N) is 1. The molecule has 0 radical (unpaired) electrons. The molecule has 1 saturated heterocycles. The van der Waals surface area contributed by atoms with E-state index in [1.165, 1.54) is 12.8 Å². The van der Waals surface area contributed by atoms with E-state index in [-0.39, 0.29) is 6.09 Å². The Hall–Kier alpha value is -1.55. The molecule has 0 aromatic heterocycles. The van der Waals surface area contributed by atoms with Gasteiger partial charge in [-0.25, -0.2) is 4.79 Å². The number of nitrogens with zero attached hydrogens (tertiary/aromatic N) is 1. The highest BCUT2D eigenvalue weighted by Crippen LogP contribution is 2.09. The number of benzene rings is 1. The minimum absolute atomic E-state index is 0.197. The summed E-state index contributed by atoms with van der Waals surface area (Å²) in [4.78, 5) is 13.9. The van der Waals surface area contributed by atoms with Gasteiger partial charge in [0.2, 0.25) is 0 Å². The number of piperazine rings is 1. The van der Waals surface area contributed by atoms with Crippen molar-refractivity contribution in [1.29, 1.82) is 0 Å². The summed E-state index contributed by atoms with van der Waals surface area (Å²) >= 11 is 0. The van der Waals surface area contributed by atoms with E-state index in [0.717, 1.165) is 31.6 Å². The topological polar surface area (TPSA) is 41.6 Å². The van der Waals surface area contributed by atoms with Gasteiger partial charge in [0.05, 0.1) is 0 Å². The van der Waals surface area contributed by atoms with Gasteiger partial charge in [0.15, 0.2) is 0 Å². The largest absolute Gasteiger partial charge is 0.445 e. The lowest BCUT2D eigenvalue weighted by molar-refractivity contribution is 0.0840. The molecule has 1 amide bonds. The van der Waals surface area contributed by atoms with Gasteiger partial charge in [-0.2, -0.15) is 0 Å². The highest BCUT2D eigenvalue weighted by molar-refractivity contribution is 5.67. The van der Waals surface area contributed by atoms with Gasteiger partial charge in [0.25, 0.3) is 0 Å². The van der Waals surface area contributed by atoms with Crippen molar-refractivity contribution in [2.24, 2.45) is 0 Å². The second-order valence-electron chi connectivity index (χ2n) is 5.28. The number of carbonyl (C=O) groups is 1. The van der Waals surface area contributed by atoms with Crippen molar-refractivity contribution in [3.63, 3.8) is 0 Å². The number of hydrogen-bond acceptors (Lipinski definition) is 3. The summed E-state index contributed by atoms with van der Waals surface area (Å²) in [6, 6.07) is 10.2. The molecule has 0 bridgehead atoms. The second-order valence-corrected chi connectivity index (χ2v) is 5.28. The minimum Gasteiger partial charge on any atom is -0.445 e. The molecule has 4 nitrogen and oxygen atoms in total. The first-order chi connectivity index (χ1) is 9.79. The van der Waals surface area contributed by atoms with Gasteiger partial charge in [-0.05, 0) is 12.0 Å². The van der Waals surface area contributed by atoms with Gasteiger partial charge >= 0.3 is 6.09 Å². The van der Waals surface area contributed by atoms with E-state index in [2.05, 4.69) is 12.2 Å². The number of unbranched alkanes of at least 4 members (excludes halogenated alkanes) is 1. The summed E-state index contributed by atoms with van der Waals surface area (Å²) in [6.07, 6.45) is 3.32. The van der Waals surface area contributed by atoms with Crippen LogP contribution < -0.4 is 5.32 Å². The molecule has 0 unspecified atom stereocenters. The maximum absolute atomic E-state index is 12.1. The zero-order valence-corrected chi connectivity index (χ0v) is 12.2. The molecule has 1 aromatic rings. The molecule has 1 aromatic carbocycles. The van der Waals surface area contributed by atoms with E-state index >= 15 is 0 Å². The molecule has 20 heavy (non-hydrogen) atoms. The van der Waals surface area contributed by atoms with Gasteiger partial charge < -0.3 is 15.0 Å². The van der Waals surface area contributed by atoms with E-state index in [1.807, 2.05) is 35.2 Å². The number of rotatable bonds is 5. The normalized spacial score (nSPS) is 18.9. The molecule has 110 valence electrons. The van der Waals surface area contributed by atoms with E-state index in [9.17, 15) is 4.79 Å². The van der Waals surface area contributed by atoms with Crippen molar-refractivity contribution in [3.05, 3.63) is 35.9 Å². The van der Waals surface area contributed by atoms with Crippen LogP contribution in [0.1, 0.15) is 31.7 Å². The van der Waals surface area contributed by atoms with Crippen molar-refractivity contribution >= 4 is 6.09 Å². The lowest BCUT2D eigenvalue weighted by Crippen LogP contribution is -2.52. The fourth-order valence-corrected chi connectivity index (χ4v) is 2.45. The summed E-state index contributed by atoms with van der Waals surface area (Å²) in [5, 5.41) is 3.46. The van der Waals surface area contributed by atoms with Crippen molar-refractivity contribution in [2.45, 2.75) is 38.8 Å². The maximum atomic E-state index is 12.1. The molecule has 1 aliphatic rings. The van der Waals surface area contributed by atoms with Crippen LogP contribution in [0.5, 0.6) is 0 Å². The Labute approximate surface area is 121 Å². The standard InChI is InChI=1S/C16H24N2O2/c1-2-3-9-15-12-18(11-10-17-15)16(19)20-13-14-7-5-4-6-8-14/h4-8,15,17H,2-3,9-13H2,1H3/t15-/m0/s1. The van der Waals surface area contributed by atoms with Crippen LogP contribution in [-0.4, -0.2) is 36.7 Å². The Bertz CT molecular complexity index is 408. The lowest BCUT2D eigenvalue weighted by atomic mass is 10.1. The van der Waals surface area contributed by atoms with Crippen LogP contribution in [0.3, 0.4) is 0 Å². The van der Waals surface area contributed by atoms with Crippen LogP contribution in [0.25, 0.3) is 0 Å². The van der Waals surface area contributed by atoms with Crippen LogP contribution in [-0.2, 0) is 11.3 Å². The molecule has 1 aliphatic heterocycles. The second kappa shape index (κ2) is 7.90. The number of ether oxygens (including phenoxy) is 1. The molecule has 1 fully saturated rings. The molecule has 1 heterocycles. The van der Waals surface area contributed by atoms with Gasteiger partial charge in [-0.15, -0.1) is 0 Å². The maximum Gasteiger partial charge on any atom is 0.410 e. The highest BCUT2D eigenvalue weighted by atomic mass is 16.6. The lowest BCUT2D eigenvalue weighted by Gasteiger charge is -2.33. The van der Waals surface area contributed by atoms with Gasteiger partial charge in [0.1, 0.15) is 6.61 Å². The average Bonchev–Trinajstić information content (AvgIpc) is 2.52. The first kappa shape index (κ1) is 14.9. The highest BCUT2D eigenvalue weighted by Gasteiger charge is 2.23. The molecule has 4 heteroatoms. The third-order valence-electron chi connectivity index (χ3n) is 3.62.